The highest BCUT2D eigenvalue weighted by Crippen LogP contribution is 2.30. The number of carbonyl (C=O) groups excluding carboxylic acids is 1. The molecule has 1 amide bonds. The highest BCUT2D eigenvalue weighted by atomic mass is 19.1. The lowest BCUT2D eigenvalue weighted by atomic mass is 9.89. The lowest BCUT2D eigenvalue weighted by molar-refractivity contribution is -0.125. The van der Waals surface area contributed by atoms with Crippen molar-refractivity contribution in [2.75, 3.05) is 13.1 Å². The quantitative estimate of drug-likeness (QED) is 0.691. The van der Waals surface area contributed by atoms with Crippen LogP contribution in [0, 0.1) is 18.7 Å². The number of amides is 1. The van der Waals surface area contributed by atoms with E-state index in [4.69, 9.17) is 4.52 Å². The van der Waals surface area contributed by atoms with Crippen LogP contribution in [-0.4, -0.2) is 38.9 Å². The summed E-state index contributed by atoms with van der Waals surface area (Å²) in [5.74, 6) is -0.396. The molecule has 3 heterocycles. The van der Waals surface area contributed by atoms with Gasteiger partial charge in [-0.05, 0) is 11.6 Å². The number of nitrogens with one attached hydrogen (secondary N) is 2. The van der Waals surface area contributed by atoms with E-state index in [1.165, 1.54) is 6.07 Å². The molecule has 1 fully saturated rings. The molecule has 0 aliphatic carbocycles. The predicted octanol–water partition coefficient (Wildman–Crippen LogP) is 1.46. The first-order chi connectivity index (χ1) is 13.5. The van der Waals surface area contributed by atoms with Crippen LogP contribution < -0.4 is 10.6 Å². The highest BCUT2D eigenvalue weighted by Gasteiger charge is 2.36. The van der Waals surface area contributed by atoms with Gasteiger partial charge >= 0.3 is 0 Å². The SMILES string of the molecule is Cc1nc(C(NC(=O)[C@H]2CNC[C@@H]2c2cnn(C)c2)c2ccccc2F)no1. The molecular weight excluding hydrogens is 363 g/mol. The van der Waals surface area contributed by atoms with E-state index < -0.39 is 11.9 Å². The molecule has 28 heavy (non-hydrogen) atoms. The first-order valence-corrected chi connectivity index (χ1v) is 9.07. The van der Waals surface area contributed by atoms with E-state index in [1.807, 2.05) is 13.2 Å². The average Bonchev–Trinajstić information content (AvgIpc) is 3.40. The minimum absolute atomic E-state index is 0.0121. The van der Waals surface area contributed by atoms with Crippen LogP contribution in [0.25, 0.3) is 0 Å². The molecule has 3 atom stereocenters. The summed E-state index contributed by atoms with van der Waals surface area (Å²) >= 11 is 0. The summed E-state index contributed by atoms with van der Waals surface area (Å²) in [7, 11) is 1.84. The number of rotatable bonds is 5. The Morgan fingerprint density at radius 2 is 2.21 bits per heavy atom. The molecular formula is C19H21FN6O2. The van der Waals surface area contributed by atoms with Gasteiger partial charge in [0.25, 0.3) is 0 Å². The molecule has 146 valence electrons. The van der Waals surface area contributed by atoms with E-state index >= 15 is 0 Å². The van der Waals surface area contributed by atoms with Crippen LogP contribution in [0.4, 0.5) is 4.39 Å². The van der Waals surface area contributed by atoms with E-state index in [-0.39, 0.29) is 23.6 Å². The second kappa shape index (κ2) is 7.51. The summed E-state index contributed by atoms with van der Waals surface area (Å²) in [6.07, 6.45) is 3.68. The van der Waals surface area contributed by atoms with Gasteiger partial charge in [-0.3, -0.25) is 9.48 Å². The van der Waals surface area contributed by atoms with E-state index in [2.05, 4.69) is 25.9 Å². The van der Waals surface area contributed by atoms with Crippen LogP contribution >= 0.6 is 0 Å². The molecule has 1 aliphatic rings. The van der Waals surface area contributed by atoms with Crippen LogP contribution in [-0.2, 0) is 11.8 Å². The molecule has 1 aliphatic heterocycles. The van der Waals surface area contributed by atoms with Crippen LogP contribution in [0.1, 0.15) is 34.8 Å². The Balaban J connectivity index is 1.61. The zero-order valence-electron chi connectivity index (χ0n) is 15.6. The third kappa shape index (κ3) is 3.53. The Labute approximate surface area is 161 Å². The largest absolute Gasteiger partial charge is 0.341 e. The molecule has 0 saturated carbocycles. The topological polar surface area (TPSA) is 97.9 Å². The molecule has 0 bridgehead atoms. The maximum atomic E-state index is 14.4. The Morgan fingerprint density at radius 3 is 2.89 bits per heavy atom. The molecule has 1 unspecified atom stereocenters. The fraction of sp³-hybridized carbons (Fsp3) is 0.368. The Bertz CT molecular complexity index is 984. The van der Waals surface area contributed by atoms with Gasteiger partial charge in [-0.15, -0.1) is 0 Å². The molecule has 3 aromatic rings. The van der Waals surface area contributed by atoms with E-state index in [0.717, 1.165) is 5.56 Å². The molecule has 1 saturated heterocycles. The molecule has 4 rings (SSSR count). The lowest BCUT2D eigenvalue weighted by Crippen LogP contribution is -2.38. The smallest absolute Gasteiger partial charge is 0.225 e. The third-order valence-electron chi connectivity index (χ3n) is 5.01. The van der Waals surface area contributed by atoms with Crippen molar-refractivity contribution in [3.8, 4) is 0 Å². The molecule has 8 nitrogen and oxygen atoms in total. The van der Waals surface area contributed by atoms with Crippen molar-refractivity contribution in [2.24, 2.45) is 13.0 Å². The van der Waals surface area contributed by atoms with Crippen molar-refractivity contribution in [3.63, 3.8) is 0 Å². The van der Waals surface area contributed by atoms with Gasteiger partial charge < -0.3 is 15.2 Å². The fourth-order valence-corrected chi connectivity index (χ4v) is 3.61. The summed E-state index contributed by atoms with van der Waals surface area (Å²) < 4.78 is 21.2. The number of carbonyl (C=O) groups is 1. The van der Waals surface area contributed by atoms with Crippen LogP contribution in [0.2, 0.25) is 0 Å². The van der Waals surface area contributed by atoms with Gasteiger partial charge in [0, 0.05) is 44.7 Å². The van der Waals surface area contributed by atoms with Crippen LogP contribution in [0.15, 0.2) is 41.2 Å². The Hall–Kier alpha value is -3.07. The summed E-state index contributed by atoms with van der Waals surface area (Å²) in [4.78, 5) is 17.3. The fourth-order valence-electron chi connectivity index (χ4n) is 3.61. The average molecular weight is 384 g/mol. The van der Waals surface area contributed by atoms with Crippen molar-refractivity contribution in [1.82, 2.24) is 30.6 Å². The van der Waals surface area contributed by atoms with Crippen molar-refractivity contribution in [3.05, 3.63) is 65.3 Å². The van der Waals surface area contributed by atoms with Gasteiger partial charge in [0.2, 0.25) is 11.8 Å². The summed E-state index contributed by atoms with van der Waals surface area (Å²) in [6, 6.07) is 5.42. The van der Waals surface area contributed by atoms with Gasteiger partial charge in [-0.2, -0.15) is 10.1 Å². The second-order valence-corrected chi connectivity index (χ2v) is 6.95. The highest BCUT2D eigenvalue weighted by molar-refractivity contribution is 5.81. The zero-order valence-corrected chi connectivity index (χ0v) is 15.6. The maximum Gasteiger partial charge on any atom is 0.225 e. The summed E-state index contributed by atoms with van der Waals surface area (Å²) in [5.41, 5.74) is 1.28. The molecule has 0 spiro atoms. The van der Waals surface area contributed by atoms with Gasteiger partial charge in [0.15, 0.2) is 5.82 Å². The molecule has 0 radical (unpaired) electrons. The van der Waals surface area contributed by atoms with Gasteiger partial charge in [0.05, 0.1) is 12.1 Å². The van der Waals surface area contributed by atoms with Crippen LogP contribution in [0.3, 0.4) is 0 Å². The third-order valence-corrected chi connectivity index (χ3v) is 5.01. The molecule has 1 aromatic carbocycles. The van der Waals surface area contributed by atoms with Crippen molar-refractivity contribution >= 4 is 5.91 Å². The number of aryl methyl sites for hydroxylation is 2. The second-order valence-electron chi connectivity index (χ2n) is 6.95. The zero-order chi connectivity index (χ0) is 19.7. The number of aromatic nitrogens is 4. The number of hydrogen-bond acceptors (Lipinski definition) is 6. The standard InChI is InChI=1S/C19H21FN6O2/c1-11-23-18(25-28-11)17(13-5-3-4-6-16(13)20)24-19(27)15-9-21-8-14(15)12-7-22-26(2)10-12/h3-7,10,14-15,17,21H,8-9H2,1-2H3,(H,24,27)/t14-,15+,17?/m1/s1. The van der Waals surface area contributed by atoms with Gasteiger partial charge in [-0.1, -0.05) is 23.4 Å². The molecule has 2 aromatic heterocycles. The predicted molar refractivity (Wildman–Crippen MR) is 97.7 cm³/mol. The van der Waals surface area contributed by atoms with E-state index in [9.17, 15) is 9.18 Å². The molecule has 2 N–H and O–H groups in total. The normalized spacial score (nSPS) is 20.2. The van der Waals surface area contributed by atoms with Crippen molar-refractivity contribution in [1.29, 1.82) is 0 Å². The minimum atomic E-state index is -0.832. The lowest BCUT2D eigenvalue weighted by Gasteiger charge is -2.22. The maximum absolute atomic E-state index is 14.4. The Kier molecular flexibility index (Phi) is 4.91. The minimum Gasteiger partial charge on any atom is -0.341 e. The first-order valence-electron chi connectivity index (χ1n) is 9.07. The number of benzene rings is 1. The Morgan fingerprint density at radius 1 is 1.39 bits per heavy atom. The molecule has 9 heteroatoms. The number of hydrogen-bond donors (Lipinski definition) is 2. The number of halogens is 1. The monoisotopic (exact) mass is 384 g/mol. The van der Waals surface area contributed by atoms with Crippen LogP contribution in [0.5, 0.6) is 0 Å². The number of nitrogens with zero attached hydrogens (tertiary/aromatic N) is 4. The summed E-state index contributed by atoms with van der Waals surface area (Å²) in [6.45, 7) is 2.85. The first kappa shape index (κ1) is 18.3. The van der Waals surface area contributed by atoms with E-state index in [1.54, 1.807) is 36.0 Å². The van der Waals surface area contributed by atoms with Crippen molar-refractivity contribution < 1.29 is 13.7 Å². The van der Waals surface area contributed by atoms with Gasteiger partial charge in [0.1, 0.15) is 11.9 Å². The summed E-state index contributed by atoms with van der Waals surface area (Å²) in [5, 5.41) is 14.3. The van der Waals surface area contributed by atoms with Crippen molar-refractivity contribution in [2.45, 2.75) is 18.9 Å². The van der Waals surface area contributed by atoms with E-state index in [0.29, 0.717) is 24.5 Å². The van der Waals surface area contributed by atoms with Gasteiger partial charge in [-0.25, -0.2) is 4.39 Å².